The Kier molecular flexibility index (Phi) is 5.16. The summed E-state index contributed by atoms with van der Waals surface area (Å²) in [6.07, 6.45) is 7.23. The lowest BCUT2D eigenvalue weighted by atomic mass is 10.1. The van der Waals surface area contributed by atoms with Crippen LogP contribution in [-0.4, -0.2) is 37.9 Å². The maximum Gasteiger partial charge on any atom is 0.247 e. The average Bonchev–Trinajstić information content (AvgIpc) is 3.12. The van der Waals surface area contributed by atoms with Crippen molar-refractivity contribution < 1.29 is 9.18 Å². The summed E-state index contributed by atoms with van der Waals surface area (Å²) in [5.41, 5.74) is 2.31. The van der Waals surface area contributed by atoms with Gasteiger partial charge in [-0.05, 0) is 50.5 Å². The minimum atomic E-state index is -0.491. The largest absolute Gasteiger partial charge is 0.326 e. The molecule has 0 saturated carbocycles. The lowest BCUT2D eigenvalue weighted by molar-refractivity contribution is -0.117. The number of anilines is 2. The first-order valence-corrected chi connectivity index (χ1v) is 9.47. The van der Waals surface area contributed by atoms with Crippen molar-refractivity contribution in [2.45, 2.75) is 38.8 Å². The zero-order valence-corrected chi connectivity index (χ0v) is 16.2. The van der Waals surface area contributed by atoms with Crippen molar-refractivity contribution in [1.29, 1.82) is 0 Å². The molecule has 29 heavy (non-hydrogen) atoms. The van der Waals surface area contributed by atoms with E-state index in [1.165, 1.54) is 0 Å². The second kappa shape index (κ2) is 7.90. The van der Waals surface area contributed by atoms with Gasteiger partial charge in [-0.1, -0.05) is 6.07 Å². The molecule has 2 atom stereocenters. The summed E-state index contributed by atoms with van der Waals surface area (Å²) < 4.78 is 13.1. The van der Waals surface area contributed by atoms with E-state index in [1.807, 2.05) is 30.0 Å². The predicted octanol–water partition coefficient (Wildman–Crippen LogP) is 3.38. The monoisotopic (exact) mass is 392 g/mol. The van der Waals surface area contributed by atoms with Crippen LogP contribution in [0.1, 0.15) is 25.3 Å². The molecule has 0 radical (unpaired) electrons. The fourth-order valence-corrected chi connectivity index (χ4v) is 3.62. The Hall–Kier alpha value is -3.42. The molecule has 8 heteroatoms. The summed E-state index contributed by atoms with van der Waals surface area (Å²) in [5, 5.41) is 2.99. The third-order valence-corrected chi connectivity index (χ3v) is 5.12. The molecular weight excluding hydrogens is 371 g/mol. The van der Waals surface area contributed by atoms with E-state index >= 15 is 0 Å². The first kappa shape index (κ1) is 18.9. The number of hydrogen-bond donors (Lipinski definition) is 1. The summed E-state index contributed by atoms with van der Waals surface area (Å²) in [6, 6.07) is 7.11. The molecule has 0 spiro atoms. The van der Waals surface area contributed by atoms with Gasteiger partial charge in [0.15, 0.2) is 11.6 Å². The van der Waals surface area contributed by atoms with E-state index < -0.39 is 5.82 Å². The molecule has 1 aromatic carbocycles. The van der Waals surface area contributed by atoms with Crippen LogP contribution in [0, 0.1) is 12.7 Å². The van der Waals surface area contributed by atoms with Crippen LogP contribution < -0.4 is 10.2 Å². The number of nitrogens with zero attached hydrogens (tertiary/aromatic N) is 5. The van der Waals surface area contributed by atoms with E-state index in [0.717, 1.165) is 36.4 Å². The molecule has 3 aromatic rings. The molecule has 1 N–H and O–H groups in total. The van der Waals surface area contributed by atoms with Crippen molar-refractivity contribution in [3.05, 3.63) is 60.4 Å². The van der Waals surface area contributed by atoms with Gasteiger partial charge < -0.3 is 10.2 Å². The van der Waals surface area contributed by atoms with Crippen molar-refractivity contribution >= 4 is 17.5 Å². The minimum Gasteiger partial charge on any atom is -0.326 e. The number of carbonyl (C=O) groups excluding carboxylic acids is 1. The number of aromatic nitrogens is 4. The van der Waals surface area contributed by atoms with Gasteiger partial charge in [-0.3, -0.25) is 4.79 Å². The van der Waals surface area contributed by atoms with Crippen molar-refractivity contribution in [1.82, 2.24) is 19.9 Å². The van der Waals surface area contributed by atoms with E-state index in [0.29, 0.717) is 17.5 Å². The third-order valence-electron chi connectivity index (χ3n) is 5.12. The minimum absolute atomic E-state index is 0.114. The Morgan fingerprint density at radius 2 is 1.86 bits per heavy atom. The number of benzene rings is 1. The van der Waals surface area contributed by atoms with Crippen LogP contribution in [0.5, 0.6) is 0 Å². The molecule has 0 aliphatic carbocycles. The van der Waals surface area contributed by atoms with Crippen molar-refractivity contribution in [2.75, 3.05) is 10.2 Å². The molecule has 3 heterocycles. The number of amides is 1. The second-order valence-corrected chi connectivity index (χ2v) is 7.14. The van der Waals surface area contributed by atoms with E-state index in [9.17, 15) is 9.18 Å². The van der Waals surface area contributed by atoms with Gasteiger partial charge >= 0.3 is 0 Å². The molecule has 0 unspecified atom stereocenters. The van der Waals surface area contributed by atoms with Crippen LogP contribution in [0.2, 0.25) is 0 Å². The van der Waals surface area contributed by atoms with Gasteiger partial charge in [-0.15, -0.1) is 0 Å². The summed E-state index contributed by atoms with van der Waals surface area (Å²) in [5.74, 6) is 0.363. The van der Waals surface area contributed by atoms with Crippen LogP contribution >= 0.6 is 0 Å². The van der Waals surface area contributed by atoms with E-state index in [-0.39, 0.29) is 18.0 Å². The Labute approximate surface area is 168 Å². The number of carbonyl (C=O) groups is 1. The molecule has 148 valence electrons. The molecule has 1 amide bonds. The highest BCUT2D eigenvalue weighted by Gasteiger charge is 2.37. The topological polar surface area (TPSA) is 83.9 Å². The van der Waals surface area contributed by atoms with Crippen LogP contribution in [0.3, 0.4) is 0 Å². The first-order chi connectivity index (χ1) is 14.0. The molecule has 4 rings (SSSR count). The fourth-order valence-electron chi connectivity index (χ4n) is 3.62. The molecule has 1 saturated heterocycles. The molecule has 7 nitrogen and oxygen atoms in total. The number of nitrogens with one attached hydrogen (secondary N) is 1. The zero-order valence-electron chi connectivity index (χ0n) is 16.2. The molecular formula is C21H21FN6O. The van der Waals surface area contributed by atoms with Gasteiger partial charge in [0.25, 0.3) is 0 Å². The van der Waals surface area contributed by atoms with Crippen LogP contribution in [-0.2, 0) is 4.79 Å². The lowest BCUT2D eigenvalue weighted by Crippen LogP contribution is -2.43. The highest BCUT2D eigenvalue weighted by Crippen LogP contribution is 2.29. The SMILES string of the molecule is Cc1ccc(NC(=O)[C@H]2CC[C@@H](C)N2c2ncccn2)cc1-c1ncc(F)cn1. The van der Waals surface area contributed by atoms with Crippen molar-refractivity contribution in [3.63, 3.8) is 0 Å². The fraction of sp³-hybridized carbons (Fsp3) is 0.286. The number of hydrogen-bond acceptors (Lipinski definition) is 6. The lowest BCUT2D eigenvalue weighted by Gasteiger charge is -2.27. The number of aryl methyl sites for hydroxylation is 1. The number of halogens is 1. The van der Waals surface area contributed by atoms with Gasteiger partial charge in [-0.25, -0.2) is 24.3 Å². The van der Waals surface area contributed by atoms with E-state index in [2.05, 4.69) is 32.2 Å². The Morgan fingerprint density at radius 3 is 2.59 bits per heavy atom. The molecule has 1 aliphatic rings. The third kappa shape index (κ3) is 3.91. The van der Waals surface area contributed by atoms with Crippen LogP contribution in [0.25, 0.3) is 11.4 Å². The standard InChI is InChI=1S/C21H21FN6O/c1-13-4-6-16(10-17(13)19-25-11-15(22)12-26-19)27-20(29)18-7-5-14(2)28(18)21-23-8-3-9-24-21/h3-4,6,8-12,14,18H,5,7H2,1-2H3,(H,27,29)/t14-,18-/m1/s1. The Balaban J connectivity index is 1.57. The van der Waals surface area contributed by atoms with Gasteiger partial charge in [0.2, 0.25) is 11.9 Å². The summed E-state index contributed by atoms with van der Waals surface area (Å²) in [6.45, 7) is 3.99. The highest BCUT2D eigenvalue weighted by atomic mass is 19.1. The van der Waals surface area contributed by atoms with Gasteiger partial charge in [-0.2, -0.15) is 0 Å². The summed E-state index contributed by atoms with van der Waals surface area (Å²) in [4.78, 5) is 31.7. The molecule has 1 fully saturated rings. The zero-order chi connectivity index (χ0) is 20.4. The molecule has 0 bridgehead atoms. The normalized spacial score (nSPS) is 18.7. The quantitative estimate of drug-likeness (QED) is 0.733. The van der Waals surface area contributed by atoms with E-state index in [1.54, 1.807) is 18.5 Å². The van der Waals surface area contributed by atoms with Gasteiger partial charge in [0.1, 0.15) is 6.04 Å². The molecule has 2 aromatic heterocycles. The smallest absolute Gasteiger partial charge is 0.247 e. The van der Waals surface area contributed by atoms with Crippen LogP contribution in [0.4, 0.5) is 16.0 Å². The van der Waals surface area contributed by atoms with Crippen molar-refractivity contribution in [3.8, 4) is 11.4 Å². The second-order valence-electron chi connectivity index (χ2n) is 7.14. The maximum absolute atomic E-state index is 13.1. The summed E-state index contributed by atoms with van der Waals surface area (Å²) >= 11 is 0. The van der Waals surface area contributed by atoms with E-state index in [4.69, 9.17) is 0 Å². The summed E-state index contributed by atoms with van der Waals surface area (Å²) in [7, 11) is 0. The van der Waals surface area contributed by atoms with Gasteiger partial charge in [0, 0.05) is 29.7 Å². The predicted molar refractivity (Wildman–Crippen MR) is 108 cm³/mol. The van der Waals surface area contributed by atoms with Gasteiger partial charge in [0.05, 0.1) is 12.4 Å². The molecule has 1 aliphatic heterocycles. The van der Waals surface area contributed by atoms with Crippen LogP contribution in [0.15, 0.2) is 49.1 Å². The first-order valence-electron chi connectivity index (χ1n) is 9.47. The maximum atomic E-state index is 13.1. The highest BCUT2D eigenvalue weighted by molar-refractivity contribution is 5.97. The number of rotatable bonds is 4. The Bertz CT molecular complexity index is 1010. The van der Waals surface area contributed by atoms with Crippen molar-refractivity contribution in [2.24, 2.45) is 0 Å². The Morgan fingerprint density at radius 1 is 1.14 bits per heavy atom. The average molecular weight is 392 g/mol.